The molecular formula is C20H19N7O. The minimum atomic E-state index is -0.289. The number of amides is 2. The lowest BCUT2D eigenvalue weighted by molar-refractivity contribution is 0.251. The minimum Gasteiger partial charge on any atom is -0.334 e. The zero-order chi connectivity index (χ0) is 19.2. The second kappa shape index (κ2) is 8.17. The summed E-state index contributed by atoms with van der Waals surface area (Å²) in [6, 6.07) is 14.8. The number of hydrogen-bond donors (Lipinski definition) is 2. The van der Waals surface area contributed by atoms with Gasteiger partial charge < -0.3 is 10.6 Å². The van der Waals surface area contributed by atoms with Crippen LogP contribution in [0.2, 0.25) is 0 Å². The Hall–Kier alpha value is -3.94. The Morgan fingerprint density at radius 3 is 2.54 bits per heavy atom. The minimum absolute atomic E-state index is 0.289. The molecular weight excluding hydrogens is 354 g/mol. The van der Waals surface area contributed by atoms with Crippen molar-refractivity contribution >= 4 is 11.7 Å². The van der Waals surface area contributed by atoms with Crippen LogP contribution < -0.4 is 10.6 Å². The molecule has 8 heteroatoms. The molecule has 28 heavy (non-hydrogen) atoms. The van der Waals surface area contributed by atoms with E-state index in [1.165, 1.54) is 0 Å². The number of urea groups is 1. The van der Waals surface area contributed by atoms with E-state index < -0.39 is 0 Å². The summed E-state index contributed by atoms with van der Waals surface area (Å²) in [7, 11) is 0. The van der Waals surface area contributed by atoms with Gasteiger partial charge in [0.05, 0.1) is 6.54 Å². The van der Waals surface area contributed by atoms with Crippen LogP contribution in [0.15, 0.2) is 79.5 Å². The van der Waals surface area contributed by atoms with E-state index in [2.05, 4.69) is 25.8 Å². The molecule has 0 saturated carbocycles. The number of carbonyl (C=O) groups is 1. The zero-order valence-electron chi connectivity index (χ0n) is 15.1. The monoisotopic (exact) mass is 373 g/mol. The molecule has 140 valence electrons. The van der Waals surface area contributed by atoms with Crippen molar-refractivity contribution in [2.45, 2.75) is 13.1 Å². The average molecular weight is 373 g/mol. The molecule has 0 saturated heterocycles. The summed E-state index contributed by atoms with van der Waals surface area (Å²) < 4.78 is 3.48. The van der Waals surface area contributed by atoms with E-state index in [0.717, 1.165) is 16.8 Å². The van der Waals surface area contributed by atoms with E-state index in [0.29, 0.717) is 18.9 Å². The van der Waals surface area contributed by atoms with E-state index in [1.807, 2.05) is 65.6 Å². The van der Waals surface area contributed by atoms with Gasteiger partial charge in [0.15, 0.2) is 5.82 Å². The van der Waals surface area contributed by atoms with E-state index >= 15 is 0 Å². The molecule has 1 aromatic carbocycles. The Morgan fingerprint density at radius 1 is 0.893 bits per heavy atom. The van der Waals surface area contributed by atoms with Crippen molar-refractivity contribution in [3.8, 4) is 5.82 Å². The van der Waals surface area contributed by atoms with Crippen LogP contribution in [0.5, 0.6) is 0 Å². The van der Waals surface area contributed by atoms with Crippen molar-refractivity contribution in [2.75, 3.05) is 5.32 Å². The van der Waals surface area contributed by atoms with Gasteiger partial charge in [0.25, 0.3) is 0 Å². The number of benzene rings is 1. The second-order valence-corrected chi connectivity index (χ2v) is 6.11. The summed E-state index contributed by atoms with van der Waals surface area (Å²) in [5.74, 6) is 0.687. The molecule has 8 nitrogen and oxygen atoms in total. The number of rotatable bonds is 6. The van der Waals surface area contributed by atoms with Crippen molar-refractivity contribution in [1.82, 2.24) is 29.9 Å². The highest BCUT2D eigenvalue weighted by Crippen LogP contribution is 2.16. The Balaban J connectivity index is 1.42. The molecule has 0 spiro atoms. The summed E-state index contributed by atoms with van der Waals surface area (Å²) in [5.41, 5.74) is 2.58. The smallest absolute Gasteiger partial charge is 0.319 e. The van der Waals surface area contributed by atoms with Gasteiger partial charge in [-0.15, -0.1) is 0 Å². The molecule has 0 atom stereocenters. The van der Waals surface area contributed by atoms with Gasteiger partial charge in [-0.1, -0.05) is 24.3 Å². The first-order chi connectivity index (χ1) is 13.8. The normalized spacial score (nSPS) is 10.6. The standard InChI is InChI=1S/C20H19N7O/c28-20(22-14-16-7-3-9-21-19(16)27-13-5-11-24-27)25-18-8-2-1-6-17(18)15-26-12-4-10-23-26/h1-13H,14-15H2,(H2,22,25,28). The van der Waals surface area contributed by atoms with Crippen LogP contribution in [0, 0.1) is 0 Å². The second-order valence-electron chi connectivity index (χ2n) is 6.11. The van der Waals surface area contributed by atoms with E-state index in [1.54, 1.807) is 23.3 Å². The largest absolute Gasteiger partial charge is 0.334 e. The molecule has 0 unspecified atom stereocenters. The van der Waals surface area contributed by atoms with Crippen LogP contribution >= 0.6 is 0 Å². The van der Waals surface area contributed by atoms with Crippen molar-refractivity contribution in [1.29, 1.82) is 0 Å². The Kier molecular flexibility index (Phi) is 5.10. The molecule has 4 aromatic rings. The number of anilines is 1. The molecule has 0 aliphatic rings. The van der Waals surface area contributed by atoms with Crippen LogP contribution in [0.4, 0.5) is 10.5 Å². The fraction of sp³-hybridized carbons (Fsp3) is 0.100. The number of pyridine rings is 1. The van der Waals surface area contributed by atoms with Gasteiger partial charge in [0.2, 0.25) is 0 Å². The third-order valence-corrected chi connectivity index (χ3v) is 4.19. The Labute approximate surface area is 161 Å². The first kappa shape index (κ1) is 17.5. The molecule has 0 aliphatic carbocycles. The summed E-state index contributed by atoms with van der Waals surface area (Å²) in [6.45, 7) is 0.908. The number of hydrogen-bond acceptors (Lipinski definition) is 4. The quantitative estimate of drug-likeness (QED) is 0.544. The average Bonchev–Trinajstić information content (AvgIpc) is 3.42. The molecule has 0 aliphatic heterocycles. The van der Waals surface area contributed by atoms with Crippen LogP contribution in [0.1, 0.15) is 11.1 Å². The van der Waals surface area contributed by atoms with E-state index in [4.69, 9.17) is 0 Å². The lowest BCUT2D eigenvalue weighted by Crippen LogP contribution is -2.29. The summed E-state index contributed by atoms with van der Waals surface area (Å²) in [5, 5.41) is 14.2. The van der Waals surface area contributed by atoms with Gasteiger partial charge >= 0.3 is 6.03 Å². The molecule has 0 bridgehead atoms. The molecule has 4 rings (SSSR count). The molecule has 2 amide bonds. The van der Waals surface area contributed by atoms with Crippen LogP contribution in [-0.2, 0) is 13.1 Å². The number of nitrogens with one attached hydrogen (secondary N) is 2. The maximum absolute atomic E-state index is 12.5. The molecule has 3 heterocycles. The van der Waals surface area contributed by atoms with Crippen LogP contribution in [-0.4, -0.2) is 30.6 Å². The van der Waals surface area contributed by atoms with Gasteiger partial charge in [-0.3, -0.25) is 4.68 Å². The predicted molar refractivity (Wildman–Crippen MR) is 105 cm³/mol. The van der Waals surface area contributed by atoms with E-state index in [-0.39, 0.29) is 6.03 Å². The molecule has 3 aromatic heterocycles. The predicted octanol–water partition coefficient (Wildman–Crippen LogP) is 2.83. The number of nitrogens with zero attached hydrogens (tertiary/aromatic N) is 5. The topological polar surface area (TPSA) is 89.7 Å². The summed E-state index contributed by atoms with van der Waals surface area (Å²) in [6.07, 6.45) is 8.82. The lowest BCUT2D eigenvalue weighted by atomic mass is 10.2. The highest BCUT2D eigenvalue weighted by molar-refractivity contribution is 5.90. The van der Waals surface area contributed by atoms with Gasteiger partial charge in [-0.05, 0) is 29.8 Å². The Bertz CT molecular complexity index is 1040. The van der Waals surface area contributed by atoms with Crippen molar-refractivity contribution in [3.63, 3.8) is 0 Å². The highest BCUT2D eigenvalue weighted by Gasteiger charge is 2.10. The third kappa shape index (κ3) is 4.07. The van der Waals surface area contributed by atoms with Gasteiger partial charge in [0, 0.05) is 48.8 Å². The first-order valence-corrected chi connectivity index (χ1v) is 8.84. The number of aromatic nitrogens is 5. The summed E-state index contributed by atoms with van der Waals surface area (Å²) >= 11 is 0. The van der Waals surface area contributed by atoms with Crippen molar-refractivity contribution in [2.24, 2.45) is 0 Å². The van der Waals surface area contributed by atoms with Crippen molar-refractivity contribution in [3.05, 3.63) is 90.6 Å². The SMILES string of the molecule is O=C(NCc1cccnc1-n1cccn1)Nc1ccccc1Cn1cccn1. The maximum atomic E-state index is 12.5. The Morgan fingerprint density at radius 2 is 1.71 bits per heavy atom. The molecule has 2 N–H and O–H groups in total. The number of carbonyl (C=O) groups excluding carboxylic acids is 1. The van der Waals surface area contributed by atoms with Gasteiger partial charge in [-0.2, -0.15) is 10.2 Å². The first-order valence-electron chi connectivity index (χ1n) is 8.84. The summed E-state index contributed by atoms with van der Waals surface area (Å²) in [4.78, 5) is 16.8. The highest BCUT2D eigenvalue weighted by atomic mass is 16.2. The fourth-order valence-electron chi connectivity index (χ4n) is 2.86. The van der Waals surface area contributed by atoms with Crippen LogP contribution in [0.25, 0.3) is 5.82 Å². The fourth-order valence-corrected chi connectivity index (χ4v) is 2.86. The third-order valence-electron chi connectivity index (χ3n) is 4.19. The maximum Gasteiger partial charge on any atom is 0.319 e. The zero-order valence-corrected chi connectivity index (χ0v) is 15.1. The van der Waals surface area contributed by atoms with E-state index in [9.17, 15) is 4.79 Å². The van der Waals surface area contributed by atoms with Crippen LogP contribution in [0.3, 0.4) is 0 Å². The number of para-hydroxylation sites is 1. The molecule has 0 fully saturated rings. The van der Waals surface area contributed by atoms with Gasteiger partial charge in [0.1, 0.15) is 0 Å². The molecule has 0 radical (unpaired) electrons. The lowest BCUT2D eigenvalue weighted by Gasteiger charge is -2.13. The van der Waals surface area contributed by atoms with Gasteiger partial charge in [-0.25, -0.2) is 14.5 Å². The van der Waals surface area contributed by atoms with Crippen molar-refractivity contribution < 1.29 is 4.79 Å².